The minimum absolute atomic E-state index is 0.296. The summed E-state index contributed by atoms with van der Waals surface area (Å²) in [5, 5.41) is 1.02. The first-order valence-corrected chi connectivity index (χ1v) is 7.58. The molecular weight excluding hydrogens is 320 g/mol. The van der Waals surface area contributed by atoms with E-state index in [9.17, 15) is 0 Å². The van der Waals surface area contributed by atoms with Crippen molar-refractivity contribution in [2.45, 2.75) is 13.3 Å². The third-order valence-corrected chi connectivity index (χ3v) is 3.86. The van der Waals surface area contributed by atoms with E-state index in [1.54, 1.807) is 31.2 Å². The summed E-state index contributed by atoms with van der Waals surface area (Å²) in [5.74, 6) is 1.82. The lowest BCUT2D eigenvalue weighted by molar-refractivity contribution is 0.398. The van der Waals surface area contributed by atoms with Crippen molar-refractivity contribution in [1.82, 2.24) is 4.98 Å². The van der Waals surface area contributed by atoms with E-state index in [1.807, 2.05) is 31.2 Å². The Morgan fingerprint density at radius 1 is 1.32 bits per heavy atom. The molecule has 0 radical (unpaired) electrons. The molecule has 22 heavy (non-hydrogen) atoms. The van der Waals surface area contributed by atoms with E-state index in [0.29, 0.717) is 22.6 Å². The number of aromatic nitrogens is 1. The molecule has 1 aromatic carbocycles. The van der Waals surface area contributed by atoms with Crippen molar-refractivity contribution in [3.8, 4) is 11.6 Å². The number of anilines is 1. The predicted octanol–water partition coefficient (Wildman–Crippen LogP) is 4.11. The largest absolute Gasteiger partial charge is 0.481 e. The van der Waals surface area contributed by atoms with Crippen molar-refractivity contribution >= 4 is 34.8 Å². The van der Waals surface area contributed by atoms with Gasteiger partial charge in [0.2, 0.25) is 5.88 Å². The van der Waals surface area contributed by atoms with Crippen molar-refractivity contribution in [1.29, 1.82) is 0 Å². The smallest absolute Gasteiger partial charge is 0.270 e. The molecule has 1 aromatic heterocycles. The second-order valence-corrected chi connectivity index (χ2v) is 5.33. The van der Waals surface area contributed by atoms with E-state index in [4.69, 9.17) is 33.3 Å². The fourth-order valence-electron chi connectivity index (χ4n) is 1.85. The summed E-state index contributed by atoms with van der Waals surface area (Å²) >= 11 is 11.4. The van der Waals surface area contributed by atoms with Crippen molar-refractivity contribution in [2.75, 3.05) is 19.1 Å². The Morgan fingerprint density at radius 3 is 2.77 bits per heavy atom. The monoisotopic (exact) mass is 336 g/mol. The lowest BCUT2D eigenvalue weighted by Gasteiger charge is -2.19. The first-order chi connectivity index (χ1) is 10.5. The number of benzene rings is 1. The van der Waals surface area contributed by atoms with Crippen LogP contribution in [0, 0.1) is 0 Å². The van der Waals surface area contributed by atoms with E-state index in [2.05, 4.69) is 4.98 Å². The molecule has 4 nitrogen and oxygen atoms in total. The van der Waals surface area contributed by atoms with Gasteiger partial charge in [0.15, 0.2) is 0 Å². The molecule has 2 rings (SSSR count). The first kappa shape index (κ1) is 16.5. The molecule has 0 spiro atoms. The van der Waals surface area contributed by atoms with Crippen LogP contribution >= 0.6 is 23.8 Å². The Kier molecular flexibility index (Phi) is 5.57. The summed E-state index contributed by atoms with van der Waals surface area (Å²) in [6.45, 7) is 2.04. The van der Waals surface area contributed by atoms with Crippen molar-refractivity contribution in [3.63, 3.8) is 0 Å². The number of hydrogen-bond donors (Lipinski definition) is 0. The van der Waals surface area contributed by atoms with Crippen molar-refractivity contribution in [2.24, 2.45) is 0 Å². The van der Waals surface area contributed by atoms with Gasteiger partial charge in [-0.2, -0.15) is 4.98 Å². The van der Waals surface area contributed by atoms with Gasteiger partial charge in [-0.05, 0) is 48.5 Å². The van der Waals surface area contributed by atoms with E-state index in [-0.39, 0.29) is 0 Å². The lowest BCUT2D eigenvalue weighted by Crippen LogP contribution is -2.29. The normalized spacial score (nSPS) is 10.2. The zero-order valence-corrected chi connectivity index (χ0v) is 14.2. The van der Waals surface area contributed by atoms with E-state index < -0.39 is 0 Å². The van der Waals surface area contributed by atoms with Gasteiger partial charge in [0.1, 0.15) is 11.6 Å². The number of methoxy groups -OCH3 is 1. The molecule has 2 aromatic rings. The van der Waals surface area contributed by atoms with Crippen molar-refractivity contribution < 1.29 is 9.47 Å². The van der Waals surface area contributed by atoms with E-state index in [1.165, 1.54) is 0 Å². The van der Waals surface area contributed by atoms with Gasteiger partial charge < -0.3 is 9.47 Å². The third-order valence-electron chi connectivity index (χ3n) is 3.14. The molecule has 0 unspecified atom stereocenters. The molecule has 0 aliphatic carbocycles. The van der Waals surface area contributed by atoms with Crippen LogP contribution in [0.2, 0.25) is 5.02 Å². The number of rotatable bonds is 4. The molecule has 0 amide bonds. The summed E-state index contributed by atoms with van der Waals surface area (Å²) in [5.41, 5.74) is 1.02. The Labute approximate surface area is 140 Å². The van der Waals surface area contributed by atoms with Crippen LogP contribution in [0.3, 0.4) is 0 Å². The number of ether oxygens (including phenoxy) is 2. The predicted molar refractivity (Wildman–Crippen MR) is 93.2 cm³/mol. The Bertz CT molecular complexity index is 679. The highest BCUT2D eigenvalue weighted by Crippen LogP contribution is 2.23. The van der Waals surface area contributed by atoms with Crippen LogP contribution in [0.25, 0.3) is 0 Å². The average Bonchev–Trinajstić information content (AvgIpc) is 2.55. The third kappa shape index (κ3) is 3.87. The maximum Gasteiger partial charge on any atom is 0.270 e. The maximum absolute atomic E-state index is 6.10. The van der Waals surface area contributed by atoms with Gasteiger partial charge in [-0.1, -0.05) is 24.6 Å². The van der Waals surface area contributed by atoms with Gasteiger partial charge in [-0.3, -0.25) is 4.90 Å². The van der Waals surface area contributed by atoms with Gasteiger partial charge in [-0.25, -0.2) is 0 Å². The molecule has 0 bridgehead atoms. The second-order valence-electron chi connectivity index (χ2n) is 4.57. The first-order valence-electron chi connectivity index (χ1n) is 6.80. The molecule has 6 heteroatoms. The fourth-order valence-corrected chi connectivity index (χ4v) is 2.29. The molecule has 0 aliphatic heterocycles. The Hall–Kier alpha value is -1.85. The topological polar surface area (TPSA) is 34.6 Å². The second kappa shape index (κ2) is 7.42. The number of hydrogen-bond acceptors (Lipinski definition) is 4. The molecule has 1 heterocycles. The van der Waals surface area contributed by atoms with Crippen LogP contribution in [0.1, 0.15) is 12.5 Å². The SMILES string of the molecule is CCc1cc(OC(=S)N(C)c2cccc(OC)n2)ccc1Cl. The fraction of sp³-hybridized carbons (Fsp3) is 0.250. The molecule has 0 N–H and O–H groups in total. The molecule has 0 saturated heterocycles. The highest BCUT2D eigenvalue weighted by Gasteiger charge is 2.12. The maximum atomic E-state index is 6.10. The summed E-state index contributed by atoms with van der Waals surface area (Å²) in [4.78, 5) is 6.00. The van der Waals surface area contributed by atoms with Gasteiger partial charge in [0.05, 0.1) is 7.11 Å². The molecule has 0 aliphatic rings. The van der Waals surface area contributed by atoms with Crippen LogP contribution < -0.4 is 14.4 Å². The number of halogens is 1. The lowest BCUT2D eigenvalue weighted by atomic mass is 10.1. The van der Waals surface area contributed by atoms with Crippen LogP contribution in [0.4, 0.5) is 5.82 Å². The summed E-state index contributed by atoms with van der Waals surface area (Å²) in [6.07, 6.45) is 0.829. The van der Waals surface area contributed by atoms with Crippen molar-refractivity contribution in [3.05, 3.63) is 47.0 Å². The average molecular weight is 337 g/mol. The van der Waals surface area contributed by atoms with Crippen LogP contribution in [0.5, 0.6) is 11.6 Å². The zero-order valence-electron chi connectivity index (χ0n) is 12.7. The van der Waals surface area contributed by atoms with Gasteiger partial charge in [0.25, 0.3) is 5.17 Å². The quantitative estimate of drug-likeness (QED) is 0.785. The van der Waals surface area contributed by atoms with Gasteiger partial charge >= 0.3 is 0 Å². The summed E-state index contributed by atoms with van der Waals surface area (Å²) in [6, 6.07) is 10.9. The Balaban J connectivity index is 2.14. The van der Waals surface area contributed by atoms with Crippen LogP contribution in [0.15, 0.2) is 36.4 Å². The Morgan fingerprint density at radius 2 is 2.09 bits per heavy atom. The number of aryl methyl sites for hydroxylation is 1. The van der Waals surface area contributed by atoms with Gasteiger partial charge in [-0.15, -0.1) is 0 Å². The number of thiocarbonyl (C=S) groups is 1. The molecule has 0 saturated carbocycles. The van der Waals surface area contributed by atoms with Gasteiger partial charge in [0, 0.05) is 18.1 Å². The van der Waals surface area contributed by atoms with Crippen LogP contribution in [-0.2, 0) is 6.42 Å². The standard InChI is InChI=1S/C16H17ClN2O2S/c1-4-11-10-12(8-9-13(11)17)21-16(22)19(2)14-6-5-7-15(18-14)20-3/h5-10H,4H2,1-3H3. The molecule has 0 atom stereocenters. The highest BCUT2D eigenvalue weighted by molar-refractivity contribution is 7.80. The molecule has 116 valence electrons. The van der Waals surface area contributed by atoms with Crippen LogP contribution in [-0.4, -0.2) is 24.3 Å². The highest BCUT2D eigenvalue weighted by atomic mass is 35.5. The summed E-state index contributed by atoms with van der Waals surface area (Å²) < 4.78 is 10.8. The van der Waals surface area contributed by atoms with E-state index >= 15 is 0 Å². The molecular formula is C16H17ClN2O2S. The zero-order chi connectivity index (χ0) is 16.1. The molecule has 0 fully saturated rings. The summed E-state index contributed by atoms with van der Waals surface area (Å²) in [7, 11) is 3.36. The van der Waals surface area contributed by atoms with E-state index in [0.717, 1.165) is 17.0 Å². The number of nitrogens with zero attached hydrogens (tertiary/aromatic N) is 2. The number of pyridine rings is 1. The minimum Gasteiger partial charge on any atom is -0.481 e. The minimum atomic E-state index is 0.296.